The van der Waals surface area contributed by atoms with Gasteiger partial charge in [-0.3, -0.25) is 0 Å². The summed E-state index contributed by atoms with van der Waals surface area (Å²) in [5.41, 5.74) is 1.03. The third-order valence-electron chi connectivity index (χ3n) is 2.28. The number of imidazole rings is 1. The molecule has 0 aliphatic carbocycles. The molecule has 0 amide bonds. The average Bonchev–Trinajstić information content (AvgIpc) is 2.91. The van der Waals surface area contributed by atoms with Gasteiger partial charge in [-0.1, -0.05) is 0 Å². The molecule has 94 valence electrons. The molecule has 0 unspecified atom stereocenters. The standard InChI is InChI=1S/C11H13N5O2/c1-18-11(17)10-14-5-3-9(16-10)13-4-2-8-6-12-7-15-8/h3,5-7H,2,4H2,1H3,(H,12,15)(H,13,14,16). The SMILES string of the molecule is COC(=O)c1nccc(NCCc2cnc[nH]2)n1. The molecule has 0 aliphatic rings. The number of anilines is 1. The molecule has 7 heteroatoms. The lowest BCUT2D eigenvalue weighted by Gasteiger charge is -2.05. The number of ether oxygens (including phenoxy) is 1. The zero-order valence-corrected chi connectivity index (χ0v) is 9.88. The molecular weight excluding hydrogens is 234 g/mol. The Labute approximate surface area is 104 Å². The molecule has 18 heavy (non-hydrogen) atoms. The lowest BCUT2D eigenvalue weighted by molar-refractivity contribution is 0.0587. The number of carbonyl (C=O) groups is 1. The number of nitrogens with one attached hydrogen (secondary N) is 2. The fourth-order valence-corrected chi connectivity index (χ4v) is 1.39. The molecular formula is C11H13N5O2. The van der Waals surface area contributed by atoms with E-state index in [0.717, 1.165) is 12.1 Å². The summed E-state index contributed by atoms with van der Waals surface area (Å²) in [7, 11) is 1.30. The Kier molecular flexibility index (Phi) is 3.85. The number of hydrogen-bond donors (Lipinski definition) is 2. The van der Waals surface area contributed by atoms with Gasteiger partial charge in [-0.2, -0.15) is 0 Å². The van der Waals surface area contributed by atoms with Crippen LogP contribution in [0.1, 0.15) is 16.3 Å². The minimum atomic E-state index is -0.549. The van der Waals surface area contributed by atoms with E-state index in [4.69, 9.17) is 0 Å². The van der Waals surface area contributed by atoms with Crippen LogP contribution in [0.3, 0.4) is 0 Å². The highest BCUT2D eigenvalue weighted by atomic mass is 16.5. The second kappa shape index (κ2) is 5.76. The van der Waals surface area contributed by atoms with Crippen LogP contribution >= 0.6 is 0 Å². The number of nitrogens with zero attached hydrogens (tertiary/aromatic N) is 3. The van der Waals surface area contributed by atoms with Crippen LogP contribution in [0.5, 0.6) is 0 Å². The van der Waals surface area contributed by atoms with Gasteiger partial charge < -0.3 is 15.0 Å². The van der Waals surface area contributed by atoms with Crippen LogP contribution in [0.2, 0.25) is 0 Å². The predicted octanol–water partition coefficient (Wildman–Crippen LogP) is 0.641. The molecule has 0 saturated heterocycles. The first kappa shape index (κ1) is 12.0. The van der Waals surface area contributed by atoms with Gasteiger partial charge in [0.2, 0.25) is 5.82 Å². The Hall–Kier alpha value is -2.44. The zero-order chi connectivity index (χ0) is 12.8. The average molecular weight is 247 g/mol. The minimum absolute atomic E-state index is 0.0454. The molecule has 2 aromatic rings. The van der Waals surface area contributed by atoms with E-state index in [1.165, 1.54) is 13.3 Å². The summed E-state index contributed by atoms with van der Waals surface area (Å²) in [4.78, 5) is 26.0. The van der Waals surface area contributed by atoms with Crippen molar-refractivity contribution < 1.29 is 9.53 Å². The van der Waals surface area contributed by atoms with Crippen LogP contribution in [0, 0.1) is 0 Å². The second-order valence-corrected chi connectivity index (χ2v) is 3.51. The lowest BCUT2D eigenvalue weighted by Crippen LogP contribution is -2.11. The highest BCUT2D eigenvalue weighted by Gasteiger charge is 2.09. The molecule has 0 radical (unpaired) electrons. The molecule has 0 atom stereocenters. The Morgan fingerprint density at radius 1 is 1.56 bits per heavy atom. The number of carbonyl (C=O) groups excluding carboxylic acids is 1. The van der Waals surface area contributed by atoms with Crippen LogP contribution in [-0.4, -0.2) is 39.6 Å². The van der Waals surface area contributed by atoms with Crippen molar-refractivity contribution in [3.63, 3.8) is 0 Å². The number of esters is 1. The summed E-state index contributed by atoms with van der Waals surface area (Å²) in [5, 5.41) is 3.10. The van der Waals surface area contributed by atoms with Crippen molar-refractivity contribution in [3.8, 4) is 0 Å². The van der Waals surface area contributed by atoms with Gasteiger partial charge in [0.05, 0.1) is 13.4 Å². The topological polar surface area (TPSA) is 92.8 Å². The van der Waals surface area contributed by atoms with Gasteiger partial charge in [0.1, 0.15) is 5.82 Å². The molecule has 0 aliphatic heterocycles. The number of methoxy groups -OCH3 is 1. The van der Waals surface area contributed by atoms with Gasteiger partial charge >= 0.3 is 5.97 Å². The van der Waals surface area contributed by atoms with E-state index < -0.39 is 5.97 Å². The maximum absolute atomic E-state index is 11.2. The largest absolute Gasteiger partial charge is 0.463 e. The van der Waals surface area contributed by atoms with Crippen molar-refractivity contribution in [2.24, 2.45) is 0 Å². The molecule has 0 aromatic carbocycles. The third-order valence-corrected chi connectivity index (χ3v) is 2.28. The van der Waals surface area contributed by atoms with Crippen molar-refractivity contribution in [2.45, 2.75) is 6.42 Å². The van der Waals surface area contributed by atoms with E-state index >= 15 is 0 Å². The summed E-state index contributed by atoms with van der Waals surface area (Å²) in [6.45, 7) is 0.680. The van der Waals surface area contributed by atoms with Crippen molar-refractivity contribution in [1.29, 1.82) is 0 Å². The van der Waals surface area contributed by atoms with Gasteiger partial charge in [-0.05, 0) is 6.07 Å². The van der Waals surface area contributed by atoms with E-state index in [1.807, 2.05) is 0 Å². The summed E-state index contributed by atoms with van der Waals surface area (Å²) in [6, 6.07) is 1.69. The van der Waals surface area contributed by atoms with Crippen LogP contribution < -0.4 is 5.32 Å². The molecule has 2 aromatic heterocycles. The molecule has 0 fully saturated rings. The van der Waals surface area contributed by atoms with Gasteiger partial charge in [0.15, 0.2) is 0 Å². The van der Waals surface area contributed by atoms with Crippen molar-refractivity contribution in [1.82, 2.24) is 19.9 Å². The maximum Gasteiger partial charge on any atom is 0.376 e. The Balaban J connectivity index is 1.91. The van der Waals surface area contributed by atoms with Crippen LogP contribution in [-0.2, 0) is 11.2 Å². The van der Waals surface area contributed by atoms with Crippen molar-refractivity contribution in [2.75, 3.05) is 19.0 Å². The van der Waals surface area contributed by atoms with Crippen LogP contribution in [0.25, 0.3) is 0 Å². The fourth-order valence-electron chi connectivity index (χ4n) is 1.39. The number of rotatable bonds is 5. The molecule has 7 nitrogen and oxygen atoms in total. The maximum atomic E-state index is 11.2. The van der Waals surface area contributed by atoms with Crippen LogP contribution in [0.4, 0.5) is 5.82 Å². The normalized spacial score (nSPS) is 10.1. The monoisotopic (exact) mass is 247 g/mol. The highest BCUT2D eigenvalue weighted by molar-refractivity contribution is 5.85. The Morgan fingerprint density at radius 3 is 3.17 bits per heavy atom. The number of aromatic nitrogens is 4. The molecule has 0 bridgehead atoms. The summed E-state index contributed by atoms with van der Waals surface area (Å²) < 4.78 is 4.55. The molecule has 2 N–H and O–H groups in total. The molecule has 0 spiro atoms. The van der Waals surface area contributed by atoms with E-state index in [2.05, 4.69) is 30.0 Å². The molecule has 2 rings (SSSR count). The summed E-state index contributed by atoms with van der Waals surface area (Å²) >= 11 is 0. The quantitative estimate of drug-likeness (QED) is 0.753. The lowest BCUT2D eigenvalue weighted by atomic mass is 10.3. The van der Waals surface area contributed by atoms with Gasteiger partial charge in [-0.25, -0.2) is 19.7 Å². The van der Waals surface area contributed by atoms with Gasteiger partial charge in [0.25, 0.3) is 0 Å². The van der Waals surface area contributed by atoms with E-state index in [9.17, 15) is 4.79 Å². The predicted molar refractivity (Wildman–Crippen MR) is 64.2 cm³/mol. The summed E-state index contributed by atoms with van der Waals surface area (Å²) in [6.07, 6.45) is 5.70. The van der Waals surface area contributed by atoms with Gasteiger partial charge in [0, 0.05) is 31.1 Å². The fraction of sp³-hybridized carbons (Fsp3) is 0.273. The van der Waals surface area contributed by atoms with E-state index in [1.54, 1.807) is 18.6 Å². The Bertz CT molecular complexity index is 512. The number of hydrogen-bond acceptors (Lipinski definition) is 6. The summed E-state index contributed by atoms with van der Waals surface area (Å²) in [5.74, 6) is 0.0844. The highest BCUT2D eigenvalue weighted by Crippen LogP contribution is 2.03. The minimum Gasteiger partial charge on any atom is -0.463 e. The van der Waals surface area contributed by atoms with E-state index in [0.29, 0.717) is 12.4 Å². The number of aromatic amines is 1. The number of H-pyrrole nitrogens is 1. The first-order chi connectivity index (χ1) is 8.79. The van der Waals surface area contributed by atoms with Crippen molar-refractivity contribution >= 4 is 11.8 Å². The first-order valence-electron chi connectivity index (χ1n) is 5.42. The van der Waals surface area contributed by atoms with Crippen LogP contribution in [0.15, 0.2) is 24.8 Å². The van der Waals surface area contributed by atoms with E-state index in [-0.39, 0.29) is 5.82 Å². The Morgan fingerprint density at radius 2 is 2.44 bits per heavy atom. The molecule has 2 heterocycles. The van der Waals surface area contributed by atoms with Gasteiger partial charge in [-0.15, -0.1) is 0 Å². The second-order valence-electron chi connectivity index (χ2n) is 3.51. The molecule has 0 saturated carbocycles. The zero-order valence-electron chi connectivity index (χ0n) is 9.88. The van der Waals surface area contributed by atoms with Crippen molar-refractivity contribution in [3.05, 3.63) is 36.3 Å². The first-order valence-corrected chi connectivity index (χ1v) is 5.42. The smallest absolute Gasteiger partial charge is 0.376 e. The third kappa shape index (κ3) is 3.03.